The maximum absolute atomic E-state index is 12.4. The number of aromatic nitrogens is 2. The van der Waals surface area contributed by atoms with Crippen molar-refractivity contribution in [3.63, 3.8) is 0 Å². The van der Waals surface area contributed by atoms with Crippen molar-refractivity contribution in [3.8, 4) is 28.6 Å². The van der Waals surface area contributed by atoms with Crippen LogP contribution in [0.4, 0.5) is 5.69 Å². The summed E-state index contributed by atoms with van der Waals surface area (Å²) < 4.78 is 10.5. The van der Waals surface area contributed by atoms with E-state index in [1.165, 1.54) is 0 Å². The first-order valence-corrected chi connectivity index (χ1v) is 9.13. The molecule has 1 heterocycles. The molecule has 0 spiro atoms. The highest BCUT2D eigenvalue weighted by molar-refractivity contribution is 5.92. The number of benzene rings is 3. The van der Waals surface area contributed by atoms with Gasteiger partial charge in [-0.05, 0) is 35.9 Å². The summed E-state index contributed by atoms with van der Waals surface area (Å²) in [6.45, 7) is 0. The van der Waals surface area contributed by atoms with Crippen molar-refractivity contribution < 1.29 is 14.1 Å². The maximum atomic E-state index is 12.4. The van der Waals surface area contributed by atoms with Gasteiger partial charge in [0.05, 0.1) is 13.5 Å². The Bertz CT molecular complexity index is 1110. The molecule has 1 N–H and O–H groups in total. The van der Waals surface area contributed by atoms with Gasteiger partial charge in [-0.3, -0.25) is 4.79 Å². The first-order chi connectivity index (χ1) is 14.2. The van der Waals surface area contributed by atoms with Crippen molar-refractivity contribution in [1.82, 2.24) is 10.1 Å². The standard InChI is InChI=1S/C23H19N3O3/c1-28-20-12-10-16(11-13-20)14-21(27)24-19-9-5-8-18(15-19)23-25-22(26-29-23)17-6-3-2-4-7-17/h2-13,15H,14H2,1H3,(H,24,27). The van der Waals surface area contributed by atoms with E-state index in [1.807, 2.05) is 78.9 Å². The molecule has 1 amide bonds. The molecule has 0 saturated carbocycles. The third-order valence-electron chi connectivity index (χ3n) is 4.38. The lowest BCUT2D eigenvalue weighted by atomic mass is 10.1. The van der Waals surface area contributed by atoms with E-state index in [0.29, 0.717) is 17.4 Å². The Labute approximate surface area is 168 Å². The largest absolute Gasteiger partial charge is 0.497 e. The van der Waals surface area contributed by atoms with Crippen LogP contribution in [0, 0.1) is 0 Å². The fraction of sp³-hybridized carbons (Fsp3) is 0.0870. The number of nitrogens with one attached hydrogen (secondary N) is 1. The Hall–Kier alpha value is -3.93. The molecule has 0 radical (unpaired) electrons. The summed E-state index contributed by atoms with van der Waals surface area (Å²) in [6, 6.07) is 24.4. The second kappa shape index (κ2) is 8.39. The van der Waals surface area contributed by atoms with Gasteiger partial charge >= 0.3 is 0 Å². The number of hydrogen-bond donors (Lipinski definition) is 1. The third-order valence-corrected chi connectivity index (χ3v) is 4.38. The molecule has 0 aliphatic rings. The average Bonchev–Trinajstić information content (AvgIpc) is 3.25. The van der Waals surface area contributed by atoms with E-state index in [9.17, 15) is 4.79 Å². The van der Waals surface area contributed by atoms with Crippen LogP contribution in [0.25, 0.3) is 22.8 Å². The molecule has 0 bridgehead atoms. The molecule has 1 aromatic heterocycles. The molecule has 6 nitrogen and oxygen atoms in total. The van der Waals surface area contributed by atoms with Crippen LogP contribution in [0.3, 0.4) is 0 Å². The minimum atomic E-state index is -0.108. The van der Waals surface area contributed by atoms with Gasteiger partial charge in [-0.2, -0.15) is 4.98 Å². The molecule has 3 aromatic carbocycles. The van der Waals surface area contributed by atoms with E-state index >= 15 is 0 Å². The number of carbonyl (C=O) groups is 1. The zero-order chi connectivity index (χ0) is 20.1. The Kier molecular flexibility index (Phi) is 5.33. The molecule has 4 aromatic rings. The summed E-state index contributed by atoms with van der Waals surface area (Å²) in [5.41, 5.74) is 3.19. The van der Waals surface area contributed by atoms with E-state index in [1.54, 1.807) is 7.11 Å². The van der Waals surface area contributed by atoms with Crippen molar-refractivity contribution in [2.75, 3.05) is 12.4 Å². The molecule has 0 atom stereocenters. The number of rotatable bonds is 6. The average molecular weight is 385 g/mol. The van der Waals surface area contributed by atoms with Crippen molar-refractivity contribution in [3.05, 3.63) is 84.4 Å². The normalized spacial score (nSPS) is 10.5. The van der Waals surface area contributed by atoms with Crippen LogP contribution in [0.15, 0.2) is 83.4 Å². The van der Waals surface area contributed by atoms with Gasteiger partial charge in [-0.25, -0.2) is 0 Å². The number of methoxy groups -OCH3 is 1. The van der Waals surface area contributed by atoms with Crippen LogP contribution in [-0.2, 0) is 11.2 Å². The first-order valence-electron chi connectivity index (χ1n) is 9.13. The van der Waals surface area contributed by atoms with Crippen molar-refractivity contribution in [2.24, 2.45) is 0 Å². The highest BCUT2D eigenvalue weighted by Gasteiger charge is 2.12. The van der Waals surface area contributed by atoms with Gasteiger partial charge in [-0.15, -0.1) is 0 Å². The number of amides is 1. The quantitative estimate of drug-likeness (QED) is 0.525. The van der Waals surface area contributed by atoms with E-state index in [-0.39, 0.29) is 12.3 Å². The van der Waals surface area contributed by atoms with Crippen LogP contribution in [-0.4, -0.2) is 23.2 Å². The molecule has 0 aliphatic heterocycles. The molecule has 0 aliphatic carbocycles. The van der Waals surface area contributed by atoms with Crippen molar-refractivity contribution in [1.29, 1.82) is 0 Å². The molecule has 29 heavy (non-hydrogen) atoms. The highest BCUT2D eigenvalue weighted by Crippen LogP contribution is 2.24. The van der Waals surface area contributed by atoms with Gasteiger partial charge in [-0.1, -0.05) is 53.7 Å². The predicted octanol–water partition coefficient (Wildman–Crippen LogP) is 4.59. The van der Waals surface area contributed by atoms with Gasteiger partial charge in [0.1, 0.15) is 5.75 Å². The molecule has 0 unspecified atom stereocenters. The van der Waals surface area contributed by atoms with Crippen LogP contribution >= 0.6 is 0 Å². The molecular weight excluding hydrogens is 366 g/mol. The van der Waals surface area contributed by atoms with Gasteiger partial charge in [0.2, 0.25) is 11.7 Å². The summed E-state index contributed by atoms with van der Waals surface area (Å²) in [6.07, 6.45) is 0.271. The molecule has 6 heteroatoms. The minimum Gasteiger partial charge on any atom is -0.497 e. The number of ether oxygens (including phenoxy) is 1. The minimum absolute atomic E-state index is 0.108. The number of nitrogens with zero attached hydrogens (tertiary/aromatic N) is 2. The zero-order valence-electron chi connectivity index (χ0n) is 15.8. The van der Waals surface area contributed by atoms with Gasteiger partial charge in [0.15, 0.2) is 0 Å². The summed E-state index contributed by atoms with van der Waals surface area (Å²) in [4.78, 5) is 16.8. The highest BCUT2D eigenvalue weighted by atomic mass is 16.5. The summed E-state index contributed by atoms with van der Waals surface area (Å²) in [7, 11) is 1.61. The van der Waals surface area contributed by atoms with Crippen molar-refractivity contribution in [2.45, 2.75) is 6.42 Å². The summed E-state index contributed by atoms with van der Waals surface area (Å²) in [5.74, 6) is 1.57. The Morgan fingerprint density at radius 2 is 1.72 bits per heavy atom. The number of carbonyl (C=O) groups excluding carboxylic acids is 1. The van der Waals surface area contributed by atoms with E-state index in [0.717, 1.165) is 22.4 Å². The van der Waals surface area contributed by atoms with Crippen LogP contribution in [0.1, 0.15) is 5.56 Å². The monoisotopic (exact) mass is 385 g/mol. The molecule has 0 fully saturated rings. The summed E-state index contributed by atoms with van der Waals surface area (Å²) in [5, 5.41) is 6.95. The Morgan fingerprint density at radius 3 is 2.48 bits per heavy atom. The third kappa shape index (κ3) is 4.50. The fourth-order valence-corrected chi connectivity index (χ4v) is 2.91. The van der Waals surface area contributed by atoms with Crippen LogP contribution < -0.4 is 10.1 Å². The molecule has 144 valence electrons. The van der Waals surface area contributed by atoms with E-state index in [4.69, 9.17) is 9.26 Å². The SMILES string of the molecule is COc1ccc(CC(=O)Nc2cccc(-c3nc(-c4ccccc4)no3)c2)cc1. The van der Waals surface area contributed by atoms with Gasteiger partial charge in [0.25, 0.3) is 5.89 Å². The first kappa shape index (κ1) is 18.4. The van der Waals surface area contributed by atoms with Crippen LogP contribution in [0.5, 0.6) is 5.75 Å². The second-order valence-electron chi connectivity index (χ2n) is 6.44. The molecule has 0 saturated heterocycles. The van der Waals surface area contributed by atoms with Crippen molar-refractivity contribution >= 4 is 11.6 Å². The maximum Gasteiger partial charge on any atom is 0.258 e. The number of anilines is 1. The topological polar surface area (TPSA) is 77.2 Å². The fourth-order valence-electron chi connectivity index (χ4n) is 2.91. The molecular formula is C23H19N3O3. The van der Waals surface area contributed by atoms with Gasteiger partial charge < -0.3 is 14.6 Å². The number of hydrogen-bond acceptors (Lipinski definition) is 5. The predicted molar refractivity (Wildman–Crippen MR) is 110 cm³/mol. The van der Waals surface area contributed by atoms with Gasteiger partial charge in [0, 0.05) is 16.8 Å². The summed E-state index contributed by atoms with van der Waals surface area (Å²) >= 11 is 0. The lowest BCUT2D eigenvalue weighted by molar-refractivity contribution is -0.115. The lowest BCUT2D eigenvalue weighted by Crippen LogP contribution is -2.14. The van der Waals surface area contributed by atoms with Crippen LogP contribution in [0.2, 0.25) is 0 Å². The Balaban J connectivity index is 1.46. The van der Waals surface area contributed by atoms with E-state index in [2.05, 4.69) is 15.5 Å². The Morgan fingerprint density at radius 1 is 0.966 bits per heavy atom. The lowest BCUT2D eigenvalue weighted by Gasteiger charge is -2.07. The van der Waals surface area contributed by atoms with E-state index < -0.39 is 0 Å². The molecule has 4 rings (SSSR count). The smallest absolute Gasteiger partial charge is 0.258 e. The zero-order valence-corrected chi connectivity index (χ0v) is 15.8. The second-order valence-corrected chi connectivity index (χ2v) is 6.44.